The number of carbonyl (C=O) groups excluding carboxylic acids is 1. The van der Waals surface area contributed by atoms with Gasteiger partial charge in [-0.3, -0.25) is 4.79 Å². The van der Waals surface area contributed by atoms with Crippen LogP contribution in [-0.4, -0.2) is 33.7 Å². The van der Waals surface area contributed by atoms with E-state index in [4.69, 9.17) is 0 Å². The predicted molar refractivity (Wildman–Crippen MR) is 82.5 cm³/mol. The molecule has 3 N–H and O–H groups in total. The third-order valence-electron chi connectivity index (χ3n) is 4.06. The van der Waals surface area contributed by atoms with E-state index >= 15 is 0 Å². The second-order valence-electron chi connectivity index (χ2n) is 5.42. The Morgan fingerprint density at radius 2 is 2.23 bits per heavy atom. The number of anilines is 1. The minimum absolute atomic E-state index is 0.0268. The van der Waals surface area contributed by atoms with Crippen LogP contribution < -0.4 is 10.6 Å². The molecule has 0 fully saturated rings. The first kappa shape index (κ1) is 13.1. The SMILES string of the molecule is O=C1NCCn2cc(C3=CCNc4nc(CO)ccc43)cc21. The van der Waals surface area contributed by atoms with Crippen molar-refractivity contribution in [3.8, 4) is 0 Å². The minimum Gasteiger partial charge on any atom is -0.390 e. The number of nitrogens with one attached hydrogen (secondary N) is 2. The summed E-state index contributed by atoms with van der Waals surface area (Å²) in [5.74, 6) is 0.749. The van der Waals surface area contributed by atoms with E-state index < -0.39 is 0 Å². The van der Waals surface area contributed by atoms with Gasteiger partial charge in [-0.05, 0) is 23.8 Å². The molecule has 0 unspecified atom stereocenters. The first-order valence-electron chi connectivity index (χ1n) is 7.30. The highest BCUT2D eigenvalue weighted by Crippen LogP contribution is 2.32. The summed E-state index contributed by atoms with van der Waals surface area (Å²) in [5, 5.41) is 15.3. The van der Waals surface area contributed by atoms with Gasteiger partial charge in [0.15, 0.2) is 0 Å². The van der Waals surface area contributed by atoms with E-state index in [-0.39, 0.29) is 12.5 Å². The fraction of sp³-hybridized carbons (Fsp3) is 0.250. The van der Waals surface area contributed by atoms with Crippen molar-refractivity contribution >= 4 is 17.3 Å². The molecule has 2 aromatic heterocycles. The van der Waals surface area contributed by atoms with E-state index in [0.29, 0.717) is 24.5 Å². The quantitative estimate of drug-likeness (QED) is 0.772. The summed E-state index contributed by atoms with van der Waals surface area (Å²) >= 11 is 0. The van der Waals surface area contributed by atoms with Crippen LogP contribution in [0, 0.1) is 0 Å². The van der Waals surface area contributed by atoms with Crippen molar-refractivity contribution < 1.29 is 9.90 Å². The first-order chi connectivity index (χ1) is 10.8. The highest BCUT2D eigenvalue weighted by molar-refractivity contribution is 5.96. The fourth-order valence-corrected chi connectivity index (χ4v) is 2.99. The van der Waals surface area contributed by atoms with E-state index in [1.54, 1.807) is 0 Å². The molecule has 0 aromatic carbocycles. The van der Waals surface area contributed by atoms with Gasteiger partial charge < -0.3 is 20.3 Å². The molecule has 0 bridgehead atoms. The van der Waals surface area contributed by atoms with Gasteiger partial charge in [0, 0.05) is 37.0 Å². The molecule has 6 heteroatoms. The number of nitrogens with zero attached hydrogens (tertiary/aromatic N) is 2. The maximum atomic E-state index is 11.9. The molecule has 4 rings (SSSR count). The molecule has 0 saturated carbocycles. The van der Waals surface area contributed by atoms with Crippen LogP contribution in [0.15, 0.2) is 30.5 Å². The summed E-state index contributed by atoms with van der Waals surface area (Å²) < 4.78 is 1.99. The van der Waals surface area contributed by atoms with Gasteiger partial charge in [0.2, 0.25) is 0 Å². The van der Waals surface area contributed by atoms with Gasteiger partial charge in [-0.25, -0.2) is 4.98 Å². The van der Waals surface area contributed by atoms with E-state index in [9.17, 15) is 9.90 Å². The third-order valence-corrected chi connectivity index (χ3v) is 4.06. The fourth-order valence-electron chi connectivity index (χ4n) is 2.99. The lowest BCUT2D eigenvalue weighted by atomic mass is 9.97. The van der Waals surface area contributed by atoms with Crippen LogP contribution >= 0.6 is 0 Å². The van der Waals surface area contributed by atoms with E-state index in [2.05, 4.69) is 21.7 Å². The number of amides is 1. The van der Waals surface area contributed by atoms with Crippen LogP contribution in [0.3, 0.4) is 0 Å². The number of aliphatic hydroxyl groups excluding tert-OH is 1. The molecular weight excluding hydrogens is 280 g/mol. The lowest BCUT2D eigenvalue weighted by Crippen LogP contribution is -2.34. The second-order valence-corrected chi connectivity index (χ2v) is 5.42. The van der Waals surface area contributed by atoms with Crippen LogP contribution in [0.25, 0.3) is 5.57 Å². The van der Waals surface area contributed by atoms with Crippen LogP contribution in [0.2, 0.25) is 0 Å². The molecule has 2 aromatic rings. The van der Waals surface area contributed by atoms with Crippen molar-refractivity contribution in [2.75, 3.05) is 18.4 Å². The molecule has 6 nitrogen and oxygen atoms in total. The number of aromatic nitrogens is 2. The Hall–Kier alpha value is -2.60. The largest absolute Gasteiger partial charge is 0.390 e. The van der Waals surface area contributed by atoms with Crippen molar-refractivity contribution in [2.24, 2.45) is 0 Å². The normalized spacial score (nSPS) is 16.2. The Kier molecular flexibility index (Phi) is 2.97. The zero-order valence-corrected chi connectivity index (χ0v) is 12.0. The lowest BCUT2D eigenvalue weighted by molar-refractivity contribution is 0.0928. The summed E-state index contributed by atoms with van der Waals surface area (Å²) in [7, 11) is 0. The number of hydrogen-bond donors (Lipinski definition) is 3. The molecule has 0 spiro atoms. The average molecular weight is 296 g/mol. The van der Waals surface area contributed by atoms with Crippen LogP contribution in [0.4, 0.5) is 5.82 Å². The summed E-state index contributed by atoms with van der Waals surface area (Å²) in [6.45, 7) is 2.06. The van der Waals surface area contributed by atoms with Crippen molar-refractivity contribution in [3.63, 3.8) is 0 Å². The van der Waals surface area contributed by atoms with Crippen molar-refractivity contribution in [2.45, 2.75) is 13.2 Å². The molecule has 0 atom stereocenters. The number of hydrogen-bond acceptors (Lipinski definition) is 4. The summed E-state index contributed by atoms with van der Waals surface area (Å²) in [4.78, 5) is 16.3. The van der Waals surface area contributed by atoms with Gasteiger partial charge in [-0.2, -0.15) is 0 Å². The monoisotopic (exact) mass is 296 g/mol. The summed E-state index contributed by atoms with van der Waals surface area (Å²) in [5.41, 5.74) is 4.42. The van der Waals surface area contributed by atoms with Crippen LogP contribution in [0.1, 0.15) is 27.3 Å². The molecule has 0 aliphatic carbocycles. The van der Waals surface area contributed by atoms with Crippen molar-refractivity contribution in [1.82, 2.24) is 14.9 Å². The Morgan fingerprint density at radius 3 is 3.05 bits per heavy atom. The molecule has 0 saturated heterocycles. The molecule has 2 aliphatic heterocycles. The third kappa shape index (κ3) is 2.00. The smallest absolute Gasteiger partial charge is 0.267 e. The van der Waals surface area contributed by atoms with E-state index in [1.165, 1.54) is 0 Å². The maximum Gasteiger partial charge on any atom is 0.267 e. The number of pyridine rings is 1. The Balaban J connectivity index is 1.78. The van der Waals surface area contributed by atoms with E-state index in [1.807, 2.05) is 29.0 Å². The Morgan fingerprint density at radius 1 is 1.32 bits per heavy atom. The molecule has 4 heterocycles. The van der Waals surface area contributed by atoms with Gasteiger partial charge in [0.1, 0.15) is 11.5 Å². The van der Waals surface area contributed by atoms with Gasteiger partial charge >= 0.3 is 0 Å². The van der Waals surface area contributed by atoms with Crippen molar-refractivity contribution in [3.05, 3.63) is 53.0 Å². The molecule has 2 aliphatic rings. The molecule has 22 heavy (non-hydrogen) atoms. The summed E-state index contributed by atoms with van der Waals surface area (Å²) in [6, 6.07) is 5.71. The Bertz CT molecular complexity index is 791. The highest BCUT2D eigenvalue weighted by atomic mass is 16.3. The Labute approximate surface area is 127 Å². The molecule has 1 amide bonds. The number of fused-ring (bicyclic) bond motifs is 2. The predicted octanol–water partition coefficient (Wildman–Crippen LogP) is 0.976. The van der Waals surface area contributed by atoms with Crippen LogP contribution in [-0.2, 0) is 13.2 Å². The molecule has 0 radical (unpaired) electrons. The standard InChI is InChI=1S/C16H16N4O2/c21-9-11-1-2-13-12(3-4-17-15(13)19-11)10-7-14-16(22)18-5-6-20(14)8-10/h1-3,7-8,21H,4-6,9H2,(H,17,19)(H,18,22). The van der Waals surface area contributed by atoms with Gasteiger partial charge in [-0.15, -0.1) is 0 Å². The maximum absolute atomic E-state index is 11.9. The summed E-state index contributed by atoms with van der Waals surface area (Å²) in [6.07, 6.45) is 4.12. The van der Waals surface area contributed by atoms with Gasteiger partial charge in [-0.1, -0.05) is 6.08 Å². The number of carbonyl (C=O) groups is 1. The van der Waals surface area contributed by atoms with Gasteiger partial charge in [0.05, 0.1) is 12.3 Å². The number of aliphatic hydroxyl groups is 1. The lowest BCUT2D eigenvalue weighted by Gasteiger charge is -2.18. The highest BCUT2D eigenvalue weighted by Gasteiger charge is 2.22. The topological polar surface area (TPSA) is 79.2 Å². The molecular formula is C16H16N4O2. The molecule has 112 valence electrons. The van der Waals surface area contributed by atoms with Crippen LogP contribution in [0.5, 0.6) is 0 Å². The second kappa shape index (κ2) is 4.99. The average Bonchev–Trinajstić information content (AvgIpc) is 2.99. The van der Waals surface area contributed by atoms with E-state index in [0.717, 1.165) is 29.1 Å². The zero-order chi connectivity index (χ0) is 15.1. The van der Waals surface area contributed by atoms with Gasteiger partial charge in [0.25, 0.3) is 5.91 Å². The minimum atomic E-state index is -0.0747. The zero-order valence-electron chi connectivity index (χ0n) is 12.0. The number of rotatable bonds is 2. The first-order valence-corrected chi connectivity index (χ1v) is 7.30. The van der Waals surface area contributed by atoms with Crippen molar-refractivity contribution in [1.29, 1.82) is 0 Å².